The van der Waals surface area contributed by atoms with Gasteiger partial charge in [-0.15, -0.1) is 11.3 Å². The molecule has 2 rings (SSSR count). The van der Waals surface area contributed by atoms with Crippen LogP contribution in [0.2, 0.25) is 0 Å². The maximum atomic E-state index is 4.60. The van der Waals surface area contributed by atoms with Gasteiger partial charge >= 0.3 is 0 Å². The predicted molar refractivity (Wildman–Crippen MR) is 87.4 cm³/mol. The van der Waals surface area contributed by atoms with Crippen molar-refractivity contribution in [3.8, 4) is 0 Å². The summed E-state index contributed by atoms with van der Waals surface area (Å²) in [6.45, 7) is 14.8. The molecule has 0 amide bonds. The van der Waals surface area contributed by atoms with Gasteiger partial charge in [-0.05, 0) is 18.8 Å². The highest BCUT2D eigenvalue weighted by atomic mass is 32.1. The largest absolute Gasteiger partial charge is 0.311 e. The van der Waals surface area contributed by atoms with E-state index in [9.17, 15) is 0 Å². The number of hydrogen-bond donors (Lipinski definition) is 1. The average molecular weight is 295 g/mol. The van der Waals surface area contributed by atoms with E-state index >= 15 is 0 Å². The SMILES string of the molecule is Cc1nc(CCN2CC(C(C)C)NCC2C(C)C)cs1. The molecule has 1 aliphatic heterocycles. The number of rotatable bonds is 5. The first kappa shape index (κ1) is 15.9. The van der Waals surface area contributed by atoms with Gasteiger partial charge in [-0.2, -0.15) is 0 Å². The number of nitrogens with one attached hydrogen (secondary N) is 1. The molecule has 1 aliphatic rings. The van der Waals surface area contributed by atoms with E-state index < -0.39 is 0 Å². The maximum Gasteiger partial charge on any atom is 0.0897 e. The molecule has 1 saturated heterocycles. The summed E-state index contributed by atoms with van der Waals surface area (Å²) in [5, 5.41) is 7.12. The lowest BCUT2D eigenvalue weighted by Gasteiger charge is -2.43. The number of hydrogen-bond acceptors (Lipinski definition) is 4. The molecule has 1 fully saturated rings. The van der Waals surface area contributed by atoms with Crippen molar-refractivity contribution in [1.82, 2.24) is 15.2 Å². The van der Waals surface area contributed by atoms with Gasteiger partial charge < -0.3 is 5.32 Å². The average Bonchev–Trinajstić information content (AvgIpc) is 2.81. The minimum absolute atomic E-state index is 0.627. The number of nitrogens with zero attached hydrogens (tertiary/aromatic N) is 2. The van der Waals surface area contributed by atoms with E-state index in [0.717, 1.165) is 19.5 Å². The van der Waals surface area contributed by atoms with Gasteiger partial charge in [0.25, 0.3) is 0 Å². The molecule has 0 saturated carbocycles. The molecule has 114 valence electrons. The molecule has 1 aromatic rings. The molecule has 0 bridgehead atoms. The van der Waals surface area contributed by atoms with Crippen molar-refractivity contribution in [2.75, 3.05) is 19.6 Å². The molecule has 4 heteroatoms. The summed E-state index contributed by atoms with van der Waals surface area (Å²) in [6.07, 6.45) is 1.08. The molecule has 20 heavy (non-hydrogen) atoms. The smallest absolute Gasteiger partial charge is 0.0897 e. The summed E-state index contributed by atoms with van der Waals surface area (Å²) in [6, 6.07) is 1.28. The third kappa shape index (κ3) is 4.03. The van der Waals surface area contributed by atoms with E-state index in [1.807, 2.05) is 0 Å². The van der Waals surface area contributed by atoms with Gasteiger partial charge in [0.15, 0.2) is 0 Å². The molecule has 1 N–H and O–H groups in total. The maximum absolute atomic E-state index is 4.60. The van der Waals surface area contributed by atoms with Crippen LogP contribution in [-0.4, -0.2) is 41.6 Å². The first-order valence-electron chi connectivity index (χ1n) is 7.85. The summed E-state index contributed by atoms with van der Waals surface area (Å²) in [7, 11) is 0. The van der Waals surface area contributed by atoms with Crippen LogP contribution in [0.5, 0.6) is 0 Å². The van der Waals surface area contributed by atoms with Crippen LogP contribution in [0.1, 0.15) is 38.4 Å². The first-order chi connectivity index (χ1) is 9.47. The molecular formula is C16H29N3S. The van der Waals surface area contributed by atoms with E-state index in [1.165, 1.54) is 17.2 Å². The lowest BCUT2D eigenvalue weighted by molar-refractivity contribution is 0.0862. The Morgan fingerprint density at radius 3 is 2.65 bits per heavy atom. The van der Waals surface area contributed by atoms with E-state index in [1.54, 1.807) is 11.3 Å². The number of piperazine rings is 1. The van der Waals surface area contributed by atoms with Crippen molar-refractivity contribution in [2.45, 2.75) is 53.1 Å². The standard InChI is InChI=1S/C16H29N3S/c1-11(2)15-9-19(16(8-17-15)12(3)4)7-6-14-10-20-13(5)18-14/h10-12,15-17H,6-9H2,1-5H3. The second-order valence-corrected chi connectivity index (χ2v) is 7.74. The van der Waals surface area contributed by atoms with Crippen LogP contribution >= 0.6 is 11.3 Å². The van der Waals surface area contributed by atoms with Crippen molar-refractivity contribution < 1.29 is 0 Å². The highest BCUT2D eigenvalue weighted by Gasteiger charge is 2.30. The number of aromatic nitrogens is 1. The summed E-state index contributed by atoms with van der Waals surface area (Å²) >= 11 is 1.76. The molecule has 2 atom stereocenters. The second-order valence-electron chi connectivity index (χ2n) is 6.67. The van der Waals surface area contributed by atoms with E-state index in [4.69, 9.17) is 0 Å². The van der Waals surface area contributed by atoms with Crippen LogP contribution in [0, 0.1) is 18.8 Å². The van der Waals surface area contributed by atoms with Crippen molar-refractivity contribution in [3.63, 3.8) is 0 Å². The van der Waals surface area contributed by atoms with Crippen LogP contribution in [0.4, 0.5) is 0 Å². The zero-order chi connectivity index (χ0) is 14.7. The fourth-order valence-electron chi connectivity index (χ4n) is 3.00. The van der Waals surface area contributed by atoms with Crippen molar-refractivity contribution in [1.29, 1.82) is 0 Å². The zero-order valence-electron chi connectivity index (χ0n) is 13.5. The van der Waals surface area contributed by atoms with E-state index in [-0.39, 0.29) is 0 Å². The molecule has 3 nitrogen and oxygen atoms in total. The Balaban J connectivity index is 1.96. The Hall–Kier alpha value is -0.450. The fraction of sp³-hybridized carbons (Fsp3) is 0.812. The molecule has 0 aliphatic carbocycles. The van der Waals surface area contributed by atoms with Gasteiger partial charge in [-0.25, -0.2) is 4.98 Å². The van der Waals surface area contributed by atoms with E-state index in [0.29, 0.717) is 23.9 Å². The Kier molecular flexibility index (Phi) is 5.58. The summed E-state index contributed by atoms with van der Waals surface area (Å²) < 4.78 is 0. The van der Waals surface area contributed by atoms with Crippen molar-refractivity contribution in [3.05, 3.63) is 16.1 Å². The molecule has 0 radical (unpaired) electrons. The third-order valence-electron chi connectivity index (χ3n) is 4.39. The molecule has 2 unspecified atom stereocenters. The van der Waals surface area contributed by atoms with Gasteiger partial charge in [0.1, 0.15) is 0 Å². The van der Waals surface area contributed by atoms with Crippen LogP contribution in [0.25, 0.3) is 0 Å². The zero-order valence-corrected chi connectivity index (χ0v) is 14.3. The highest BCUT2D eigenvalue weighted by molar-refractivity contribution is 7.09. The van der Waals surface area contributed by atoms with Crippen molar-refractivity contribution >= 4 is 11.3 Å². The lowest BCUT2D eigenvalue weighted by Crippen LogP contribution is -2.59. The molecule has 1 aromatic heterocycles. The van der Waals surface area contributed by atoms with Gasteiger partial charge in [-0.3, -0.25) is 4.90 Å². The molecular weight excluding hydrogens is 266 g/mol. The second kappa shape index (κ2) is 7.01. The summed E-state index contributed by atoms with van der Waals surface area (Å²) in [5.41, 5.74) is 1.26. The predicted octanol–water partition coefficient (Wildman–Crippen LogP) is 2.95. The van der Waals surface area contributed by atoms with E-state index in [2.05, 4.69) is 55.2 Å². The van der Waals surface area contributed by atoms with Crippen LogP contribution in [-0.2, 0) is 6.42 Å². The minimum atomic E-state index is 0.627. The Labute approximate surface area is 127 Å². The first-order valence-corrected chi connectivity index (χ1v) is 8.73. The summed E-state index contributed by atoms with van der Waals surface area (Å²) in [4.78, 5) is 7.28. The lowest BCUT2D eigenvalue weighted by atomic mass is 9.94. The monoisotopic (exact) mass is 295 g/mol. The van der Waals surface area contributed by atoms with Crippen LogP contribution in [0.15, 0.2) is 5.38 Å². The Morgan fingerprint density at radius 2 is 2.10 bits per heavy atom. The Morgan fingerprint density at radius 1 is 1.35 bits per heavy atom. The van der Waals surface area contributed by atoms with Gasteiger partial charge in [0, 0.05) is 43.5 Å². The fourth-order valence-corrected chi connectivity index (χ4v) is 3.64. The van der Waals surface area contributed by atoms with Crippen LogP contribution < -0.4 is 5.32 Å². The summed E-state index contributed by atoms with van der Waals surface area (Å²) in [5.74, 6) is 1.40. The van der Waals surface area contributed by atoms with Gasteiger partial charge in [0.05, 0.1) is 10.7 Å². The number of aryl methyl sites for hydroxylation is 1. The molecule has 0 aromatic carbocycles. The normalized spacial score (nSPS) is 24.8. The molecule has 0 spiro atoms. The van der Waals surface area contributed by atoms with Crippen molar-refractivity contribution in [2.24, 2.45) is 11.8 Å². The minimum Gasteiger partial charge on any atom is -0.311 e. The number of thiazole rings is 1. The van der Waals surface area contributed by atoms with Crippen LogP contribution in [0.3, 0.4) is 0 Å². The Bertz CT molecular complexity index is 414. The quantitative estimate of drug-likeness (QED) is 0.905. The highest BCUT2D eigenvalue weighted by Crippen LogP contribution is 2.19. The molecule has 2 heterocycles. The van der Waals surface area contributed by atoms with Gasteiger partial charge in [0.2, 0.25) is 0 Å². The van der Waals surface area contributed by atoms with Gasteiger partial charge in [-0.1, -0.05) is 27.7 Å². The third-order valence-corrected chi connectivity index (χ3v) is 5.21. The topological polar surface area (TPSA) is 28.2 Å².